The summed E-state index contributed by atoms with van der Waals surface area (Å²) in [5, 5.41) is 30.0. The first-order valence-corrected chi connectivity index (χ1v) is 32.7. The second-order valence-electron chi connectivity index (χ2n) is 22.5. The van der Waals surface area contributed by atoms with E-state index < -0.39 is 54.2 Å². The van der Waals surface area contributed by atoms with Crippen LogP contribution in [0.2, 0.25) is 0 Å². The zero-order valence-corrected chi connectivity index (χ0v) is 72.3. The van der Waals surface area contributed by atoms with Gasteiger partial charge in [-0.1, -0.05) is 91.2 Å². The van der Waals surface area contributed by atoms with Gasteiger partial charge in [-0.3, -0.25) is 0 Å². The van der Waals surface area contributed by atoms with Crippen molar-refractivity contribution in [1.82, 2.24) is 79.2 Å². The summed E-state index contributed by atoms with van der Waals surface area (Å²) in [7, 11) is 5.84. The molecule has 4 radical (unpaired) electrons. The zero-order valence-electron chi connectivity index (χ0n) is 60.1. The van der Waals surface area contributed by atoms with Crippen molar-refractivity contribution in [3.05, 3.63) is 292 Å². The van der Waals surface area contributed by atoms with E-state index >= 15 is 0 Å². The SMILES string of the molecule is C/C=C/c1cccc(-n2nnn(C)c2=O)c1COc1cc[c-]cc1C(F)F.C=C(C)c1cccc(-n2nnn(C)c2=O)c1COc1cc[c-]cc1C(F)F.C=Cc1cccc(-n2nnn(C)c2=O)c1COc1cc[c-]cc1C(F)F.Cn1nnn(-c2cccc(SC(F)F)c2COc2cc[c-]cc2C(F)F)c1=O.[Y].[Y].[Y].[Y]. The van der Waals surface area contributed by atoms with Crippen LogP contribution in [0.5, 0.6) is 23.0 Å². The fourth-order valence-electron chi connectivity index (χ4n) is 10.2. The first kappa shape index (κ1) is 94.3. The van der Waals surface area contributed by atoms with Crippen LogP contribution in [0.3, 0.4) is 0 Å². The van der Waals surface area contributed by atoms with Crippen molar-refractivity contribution in [1.29, 1.82) is 0 Å². The molecule has 112 heavy (non-hydrogen) atoms. The normalized spacial score (nSPS) is 10.8. The van der Waals surface area contributed by atoms with Crippen LogP contribution in [0.25, 0.3) is 40.5 Å². The third-order valence-corrected chi connectivity index (χ3v) is 16.3. The minimum absolute atomic E-state index is 0. The topological polar surface area (TPSA) is 248 Å². The van der Waals surface area contributed by atoms with Crippen LogP contribution in [0.1, 0.15) is 101 Å². The molecule has 12 aromatic rings. The molecule has 0 aliphatic rings. The van der Waals surface area contributed by atoms with E-state index in [4.69, 9.17) is 18.9 Å². The molecule has 0 atom stereocenters. The predicted molar refractivity (Wildman–Crippen MR) is 376 cm³/mol. The van der Waals surface area contributed by atoms with Gasteiger partial charge in [-0.25, -0.2) is 54.3 Å². The molecule has 0 saturated carbocycles. The Kier molecular flexibility index (Phi) is 37.9. The van der Waals surface area contributed by atoms with Gasteiger partial charge in [0.2, 0.25) is 25.7 Å². The molecule has 0 saturated heterocycles. The molecule has 12 rings (SSSR count). The number of halogens is 10. The molecule has 0 amide bonds. The number of aromatic nitrogens is 16. The van der Waals surface area contributed by atoms with Crippen molar-refractivity contribution in [2.24, 2.45) is 28.2 Å². The Labute approximate surface area is 737 Å². The number of tetrazole rings is 4. The van der Waals surface area contributed by atoms with Gasteiger partial charge in [-0.15, -0.1) is 24.3 Å². The molecule has 0 unspecified atom stereocenters. The van der Waals surface area contributed by atoms with E-state index in [1.165, 1.54) is 113 Å². The average Bonchev–Trinajstić information content (AvgIpc) is 1.56. The first-order chi connectivity index (χ1) is 51.8. The second-order valence-corrected chi connectivity index (χ2v) is 23.5. The van der Waals surface area contributed by atoms with Crippen LogP contribution in [-0.4, -0.2) is 84.9 Å². The Hall–Kier alpha value is -8.27. The standard InChI is InChI=1S/2C19H17F2N4O2.C18H15F2N4O2.C17H13F4N4O2S.4Y/c1-12(2)13-8-6-9-16(25-19(26)24(3)22-23-25)15(13)11-27-17-10-5-4-7-14(17)18(20)21;1-3-7-13-8-6-10-16(25-19(26)24(2)22-23-25)15(13)12-27-17-11-5-4-9-14(17)18(20)21;1-3-12-7-6-9-15(24-18(25)23(2)21-22-24)14(12)11-26-16-10-5-4-8-13(16)17(19)20;1-24-17(26)25(23-22-24)12-6-4-8-14(28-16(20)21)11(12)9-27-13-7-3-2-5-10(13)15(18)19;;;;/h5-10,18H,1,11H2,2-3H3;3,5-11,18H,12H2,1-2H3;3,5-10,17H,1,11H2,2H3;3-8,15-16H,9H2,1H3;;;;/q4*-1;;;;/b;7-3+;;;;;;. The summed E-state index contributed by atoms with van der Waals surface area (Å²) >= 11 is 0.254. The number of thioether (sulfide) groups is 1. The maximum atomic E-state index is 13.2. The van der Waals surface area contributed by atoms with Crippen LogP contribution in [0, 0.1) is 24.3 Å². The van der Waals surface area contributed by atoms with E-state index in [2.05, 4.69) is 79.1 Å². The zero-order chi connectivity index (χ0) is 77.9. The van der Waals surface area contributed by atoms with Gasteiger partial charge in [0.05, 0.1) is 22.7 Å². The molecule has 0 spiro atoms. The van der Waals surface area contributed by atoms with Crippen LogP contribution in [0.15, 0.2) is 189 Å². The Morgan fingerprint density at radius 1 is 0.429 bits per heavy atom. The Morgan fingerprint density at radius 2 is 0.723 bits per heavy atom. The molecule has 0 aliphatic carbocycles. The van der Waals surface area contributed by atoms with Crippen molar-refractivity contribution in [3.8, 4) is 45.7 Å². The summed E-state index contributed by atoms with van der Waals surface area (Å²) in [6.07, 6.45) is -5.56. The molecule has 4 aromatic heterocycles. The summed E-state index contributed by atoms with van der Waals surface area (Å²) in [5.74, 6) is -2.66. The number of alkyl halides is 10. The molecular formula is C73H62F10N16O8SY4-4. The monoisotopic (exact) mass is 1870 g/mol. The van der Waals surface area contributed by atoms with Gasteiger partial charge in [0.15, 0.2) is 0 Å². The predicted octanol–water partition coefficient (Wildman–Crippen LogP) is 13.1. The number of benzene rings is 8. The molecule has 574 valence electrons. The van der Waals surface area contributed by atoms with Gasteiger partial charge in [0.25, 0.3) is 5.76 Å². The Bertz CT molecular complexity index is 5420. The number of hydrogen-bond acceptors (Lipinski definition) is 17. The van der Waals surface area contributed by atoms with Crippen LogP contribution in [-0.2, 0) is 185 Å². The average molecular weight is 1870 g/mol. The second kappa shape index (κ2) is 45.0. The number of ether oxygens (including phenoxy) is 4. The number of nitrogens with zero attached hydrogens (tertiary/aromatic N) is 16. The van der Waals surface area contributed by atoms with E-state index in [0.717, 1.165) is 60.2 Å². The molecular weight excluding hydrogens is 1810 g/mol. The van der Waals surface area contributed by atoms with Crippen molar-refractivity contribution in [2.45, 2.75) is 76.6 Å². The summed E-state index contributed by atoms with van der Waals surface area (Å²) in [6.45, 7) is 10.9. The maximum absolute atomic E-state index is 13.2. The van der Waals surface area contributed by atoms with Gasteiger partial charge in [0, 0.05) is 209 Å². The van der Waals surface area contributed by atoms with Crippen molar-refractivity contribution in [3.63, 3.8) is 0 Å². The quantitative estimate of drug-likeness (QED) is 0.0293. The van der Waals surface area contributed by atoms with E-state index in [9.17, 15) is 63.1 Å². The van der Waals surface area contributed by atoms with Gasteiger partial charge >= 0.3 is 22.8 Å². The summed E-state index contributed by atoms with van der Waals surface area (Å²) in [5.41, 5.74) is 3.53. The molecule has 8 aromatic carbocycles. The van der Waals surface area contributed by atoms with E-state index in [1.54, 1.807) is 48.5 Å². The van der Waals surface area contributed by atoms with Crippen molar-refractivity contribution >= 4 is 29.5 Å². The summed E-state index contributed by atoms with van der Waals surface area (Å²) in [4.78, 5) is 49.0. The fraction of sp³-hybridized carbons (Fsp3) is 0.205. The van der Waals surface area contributed by atoms with Crippen molar-refractivity contribution < 1.29 is 194 Å². The fourth-order valence-corrected chi connectivity index (χ4v) is 10.9. The molecule has 24 nitrogen and oxygen atoms in total. The largest absolute Gasteiger partial charge is 0.514 e. The number of aryl methyl sites for hydroxylation is 4. The van der Waals surface area contributed by atoms with Gasteiger partial charge in [0.1, 0.15) is 26.4 Å². The van der Waals surface area contributed by atoms with Gasteiger partial charge in [-0.05, 0) is 125 Å². The third-order valence-electron chi connectivity index (χ3n) is 15.5. The minimum Gasteiger partial charge on any atom is -0.514 e. The molecule has 39 heteroatoms. The maximum Gasteiger partial charge on any atom is 0.368 e. The summed E-state index contributed by atoms with van der Waals surface area (Å²) in [6, 6.07) is 46.7. The first-order valence-electron chi connectivity index (χ1n) is 31.8. The molecule has 0 fully saturated rings. The van der Waals surface area contributed by atoms with Gasteiger partial charge < -0.3 is 18.9 Å². The number of hydrogen-bond donors (Lipinski definition) is 0. The van der Waals surface area contributed by atoms with Crippen LogP contribution < -0.4 is 41.7 Å². The Morgan fingerprint density at radius 3 is 1.03 bits per heavy atom. The van der Waals surface area contributed by atoms with Crippen molar-refractivity contribution in [2.75, 3.05) is 0 Å². The van der Waals surface area contributed by atoms with E-state index in [-0.39, 0.29) is 230 Å². The van der Waals surface area contributed by atoms with E-state index in [1.807, 2.05) is 38.1 Å². The van der Waals surface area contributed by atoms with Crippen LogP contribution >= 0.6 is 11.8 Å². The number of rotatable bonds is 25. The smallest absolute Gasteiger partial charge is 0.368 e. The molecule has 0 bridgehead atoms. The molecule has 0 aliphatic heterocycles. The van der Waals surface area contributed by atoms with Gasteiger partial charge in [-0.2, -0.15) is 119 Å². The number of allylic oxidation sites excluding steroid dienone is 2. The summed E-state index contributed by atoms with van der Waals surface area (Å²) < 4.78 is 162. The third kappa shape index (κ3) is 23.7. The minimum atomic E-state index is -2.79. The molecule has 0 N–H and O–H groups in total. The Balaban J connectivity index is 0.000000264. The van der Waals surface area contributed by atoms with E-state index in [0.29, 0.717) is 39.3 Å². The van der Waals surface area contributed by atoms with Crippen LogP contribution in [0.4, 0.5) is 43.9 Å². The molecule has 4 heterocycles.